The number of aliphatic hydroxyl groups is 2. The molecule has 16 aromatic rings. The third kappa shape index (κ3) is 17.6. The number of nitrogens with one attached hydrogen (secondary N) is 3. The van der Waals surface area contributed by atoms with Crippen molar-refractivity contribution in [1.82, 2.24) is 83.3 Å². The molecule has 7 N–H and O–H groups in total. The highest BCUT2D eigenvalue weighted by Crippen LogP contribution is 2.34. The molecular formula is C90H84F2N22O6. The van der Waals surface area contributed by atoms with Gasteiger partial charge in [-0.05, 0) is 180 Å². The Kier molecular flexibility index (Phi) is 24.8. The van der Waals surface area contributed by atoms with Crippen LogP contribution in [0.3, 0.4) is 0 Å². The lowest BCUT2D eigenvalue weighted by atomic mass is 9.86. The van der Waals surface area contributed by atoms with Crippen LogP contribution in [0.15, 0.2) is 181 Å². The molecule has 0 unspecified atom stereocenters. The van der Waals surface area contributed by atoms with Crippen LogP contribution in [0.2, 0.25) is 0 Å². The first-order valence-electron chi connectivity index (χ1n) is 37.6. The van der Waals surface area contributed by atoms with Gasteiger partial charge in [0, 0.05) is 99.4 Å². The second-order valence-corrected chi connectivity index (χ2v) is 31.0. The maximum atomic E-state index is 15.3. The SMILES string of the molecule is C=Cc1ccc2c(C#N)c[nH]c2n1.CN(C)Cc1ccc2c(C#N)c[nH]c2n1.CN(C)Cc1ccc2c(C#N)cn(-c3cccc(-n4ncc5cc(C(C)(C)C)cc(F)c5c4=O)c3CO)c2n1.CN(C)Cc1ccc2c(C(N)=O)cn(-c3cccc(-n4ncc5cc(C(C)(C)C)cc(F)c5c4=O)c3CO)c2n1.N#Cc1c[nH]c2nc(C=O)ccc12. The van der Waals surface area contributed by atoms with Crippen molar-refractivity contribution in [2.75, 3.05) is 42.3 Å². The minimum absolute atomic E-state index is 0.0690. The number of hydrogen-bond donors (Lipinski definition) is 6. The normalized spacial score (nSPS) is 11.4. The van der Waals surface area contributed by atoms with Gasteiger partial charge in [-0.2, -0.15) is 40.6 Å². The topological polar surface area (TPSA) is 397 Å². The fourth-order valence-corrected chi connectivity index (χ4v) is 13.7. The molecule has 28 nitrogen and oxygen atoms in total. The molecule has 120 heavy (non-hydrogen) atoms. The Labute approximate surface area is 686 Å². The van der Waals surface area contributed by atoms with Gasteiger partial charge in [0.15, 0.2) is 6.29 Å². The van der Waals surface area contributed by atoms with Crippen LogP contribution in [0.4, 0.5) is 8.78 Å². The second-order valence-electron chi connectivity index (χ2n) is 31.0. The summed E-state index contributed by atoms with van der Waals surface area (Å²) in [4.78, 5) is 86.8. The zero-order valence-corrected chi connectivity index (χ0v) is 67.9. The number of benzene rings is 4. The summed E-state index contributed by atoms with van der Waals surface area (Å²) in [6, 6.07) is 43.3. The molecule has 0 aliphatic carbocycles. The van der Waals surface area contributed by atoms with Gasteiger partial charge in [0.1, 0.15) is 69.8 Å². The highest BCUT2D eigenvalue weighted by molar-refractivity contribution is 6.06. The number of nitriles is 4. The van der Waals surface area contributed by atoms with Crippen LogP contribution in [0.1, 0.15) is 130 Å². The predicted octanol–water partition coefficient (Wildman–Crippen LogP) is 13.2. The quantitative estimate of drug-likeness (QED) is 0.0519. The van der Waals surface area contributed by atoms with Crippen molar-refractivity contribution in [1.29, 1.82) is 21.0 Å². The third-order valence-electron chi connectivity index (χ3n) is 19.6. The number of aldehydes is 1. The zero-order valence-electron chi connectivity index (χ0n) is 67.9. The maximum Gasteiger partial charge on any atom is 0.282 e. The highest BCUT2D eigenvalue weighted by atomic mass is 19.1. The molecule has 1 amide bonds. The molecule has 4 aromatic carbocycles. The monoisotopic (exact) mass is 1610 g/mol. The van der Waals surface area contributed by atoms with E-state index in [2.05, 4.69) is 69.8 Å². The second kappa shape index (κ2) is 35.3. The standard InChI is InChI=1S/C30H31FN6O3.C30H29FN6O2.C11H12N4.C10H7N3.C9H5N3O/c1-30(2,3)18-11-17-13-33-37(29(40)26(17)23(31)12-18)25-8-6-7-24(22(25)16-38)36-15-21(27(32)39)20-10-9-19(14-35(4)5)34-28(20)36;1-30(2,3)20-11-18-14-33-37(29(39)27(18)24(31)12-20)26-8-6-7-25(23(26)17-38)36-15-19(13-32)22-10-9-21(16-35(4)5)34-28(22)36;1-15(2)7-9-3-4-10-8(5-12)6-13-11(10)14-9;1-2-8-3-4-9-7(5-11)6-12-10(9)13-8;10-3-6-4-11-9-8(6)2-1-7(5-13)12-9/h6-13,15,38H,14,16H2,1-5H3,(H2,32,39);6-12,14-15,38H,16-17H2,1-5H3;3-4,6H,7H2,1-2H3,(H,13,14);2-4,6H,1H2,(H,12,13);1-2,4-5H,(H,11,12). The van der Waals surface area contributed by atoms with Crippen LogP contribution >= 0.6 is 0 Å². The molecular weight excluding hydrogens is 1520 g/mol. The molecule has 0 bridgehead atoms. The first-order valence-corrected chi connectivity index (χ1v) is 37.6. The lowest BCUT2D eigenvalue weighted by Crippen LogP contribution is -2.24. The fraction of sp³-hybridized carbons (Fsp3) is 0.211. The van der Waals surface area contributed by atoms with Crippen molar-refractivity contribution in [3.63, 3.8) is 0 Å². The lowest BCUT2D eigenvalue weighted by molar-refractivity contribution is 0.100. The van der Waals surface area contributed by atoms with E-state index in [1.54, 1.807) is 113 Å². The van der Waals surface area contributed by atoms with Gasteiger partial charge >= 0.3 is 0 Å². The Morgan fingerprint density at radius 1 is 0.508 bits per heavy atom. The van der Waals surface area contributed by atoms with Gasteiger partial charge < -0.3 is 50.2 Å². The number of nitrogens with two attached hydrogens (primary N) is 1. The van der Waals surface area contributed by atoms with E-state index >= 15 is 8.78 Å². The average molecular weight is 1610 g/mol. The molecule has 0 spiro atoms. The molecule has 0 fully saturated rings. The van der Waals surface area contributed by atoms with Crippen molar-refractivity contribution in [2.45, 2.75) is 85.2 Å². The number of aromatic nitrogens is 14. The molecule has 0 saturated heterocycles. The molecule has 12 heterocycles. The van der Waals surface area contributed by atoms with Gasteiger partial charge in [-0.25, -0.2) is 33.7 Å². The number of fused-ring (bicyclic) bond motifs is 7. The van der Waals surface area contributed by atoms with Crippen molar-refractivity contribution in [3.8, 4) is 47.0 Å². The first kappa shape index (κ1) is 84.5. The lowest BCUT2D eigenvalue weighted by Gasteiger charge is -2.20. The summed E-state index contributed by atoms with van der Waals surface area (Å²) in [5.74, 6) is -1.87. The number of amides is 1. The molecule has 12 aromatic heterocycles. The van der Waals surface area contributed by atoms with Gasteiger partial charge in [-0.15, -0.1) is 0 Å². The van der Waals surface area contributed by atoms with E-state index in [4.69, 9.17) is 31.5 Å². The van der Waals surface area contributed by atoms with Gasteiger partial charge in [-0.1, -0.05) is 60.3 Å². The van der Waals surface area contributed by atoms with Crippen molar-refractivity contribution < 1.29 is 28.6 Å². The Morgan fingerprint density at radius 3 is 1.28 bits per heavy atom. The van der Waals surface area contributed by atoms with E-state index in [0.717, 1.165) is 77.3 Å². The van der Waals surface area contributed by atoms with E-state index in [1.807, 2.05) is 142 Å². The van der Waals surface area contributed by atoms with Crippen LogP contribution < -0.4 is 16.9 Å². The molecule has 0 atom stereocenters. The Morgan fingerprint density at radius 2 is 0.883 bits per heavy atom. The van der Waals surface area contributed by atoms with E-state index in [9.17, 15) is 34.7 Å². The molecule has 604 valence electrons. The summed E-state index contributed by atoms with van der Waals surface area (Å²) in [6.07, 6.45) is 13.4. The van der Waals surface area contributed by atoms with Gasteiger partial charge in [-0.3, -0.25) is 23.7 Å². The van der Waals surface area contributed by atoms with Crippen LogP contribution in [0.25, 0.3) is 106 Å². The zero-order chi connectivity index (χ0) is 86.3. The molecule has 0 aliphatic heterocycles. The highest BCUT2D eigenvalue weighted by Gasteiger charge is 2.26. The van der Waals surface area contributed by atoms with Crippen molar-refractivity contribution >= 4 is 95.0 Å². The largest absolute Gasteiger partial charge is 0.392 e. The number of hydrogen-bond acceptors (Lipinski definition) is 20. The number of carbonyl (C=O) groups is 2. The molecule has 0 radical (unpaired) electrons. The summed E-state index contributed by atoms with van der Waals surface area (Å²) in [7, 11) is 11.7. The van der Waals surface area contributed by atoms with E-state index in [-0.39, 0.29) is 32.9 Å². The number of pyridine rings is 5. The summed E-state index contributed by atoms with van der Waals surface area (Å²) in [6.45, 7) is 16.5. The smallest absolute Gasteiger partial charge is 0.282 e. The maximum absolute atomic E-state index is 15.3. The van der Waals surface area contributed by atoms with Gasteiger partial charge in [0.05, 0.1) is 110 Å². The fourth-order valence-electron chi connectivity index (χ4n) is 13.7. The predicted molar refractivity (Wildman–Crippen MR) is 456 cm³/mol. The number of aliphatic hydroxyl groups excluding tert-OH is 2. The van der Waals surface area contributed by atoms with Crippen LogP contribution in [0, 0.1) is 57.0 Å². The third-order valence-corrected chi connectivity index (χ3v) is 19.6. The summed E-state index contributed by atoms with van der Waals surface area (Å²) in [5.41, 5.74) is 17.0. The summed E-state index contributed by atoms with van der Waals surface area (Å²) >= 11 is 0. The number of rotatable bonds is 15. The number of halogens is 2. The van der Waals surface area contributed by atoms with Crippen molar-refractivity contribution in [3.05, 3.63) is 282 Å². The first-order chi connectivity index (χ1) is 57.3. The van der Waals surface area contributed by atoms with Crippen LogP contribution in [0.5, 0.6) is 0 Å². The minimum Gasteiger partial charge on any atom is -0.392 e. The molecule has 0 saturated carbocycles. The Bertz CT molecular complexity index is 6900. The van der Waals surface area contributed by atoms with E-state index in [0.29, 0.717) is 114 Å². The number of H-pyrrole nitrogens is 3. The Balaban J connectivity index is 0.000000151. The number of aromatic amines is 3. The van der Waals surface area contributed by atoms with Gasteiger partial charge in [0.2, 0.25) is 0 Å². The molecule has 16 rings (SSSR count). The Hall–Kier alpha value is -14.9. The number of primary amides is 1. The van der Waals surface area contributed by atoms with Gasteiger partial charge in [0.25, 0.3) is 17.0 Å². The van der Waals surface area contributed by atoms with Crippen LogP contribution in [-0.2, 0) is 43.7 Å². The summed E-state index contributed by atoms with van der Waals surface area (Å²) in [5, 5.41) is 70.1. The van der Waals surface area contributed by atoms with Crippen molar-refractivity contribution in [2.24, 2.45) is 5.73 Å². The average Bonchev–Trinajstić information content (AvgIpc) is 1.50. The number of nitrogens with zero attached hydrogens (tertiary/aromatic N) is 18. The molecule has 30 heteroatoms. The minimum atomic E-state index is -0.649. The number of carbonyl (C=O) groups excluding carboxylic acids is 2. The molecule has 0 aliphatic rings. The van der Waals surface area contributed by atoms with E-state index < -0.39 is 41.9 Å². The summed E-state index contributed by atoms with van der Waals surface area (Å²) < 4.78 is 36.2. The van der Waals surface area contributed by atoms with E-state index in [1.165, 1.54) is 24.5 Å². The van der Waals surface area contributed by atoms with Crippen LogP contribution in [-0.4, -0.2) is 148 Å².